The van der Waals surface area contributed by atoms with Crippen LogP contribution in [0.15, 0.2) is 72.4 Å². The van der Waals surface area contributed by atoms with Crippen molar-refractivity contribution in [3.63, 3.8) is 0 Å². The Morgan fingerprint density at radius 2 is 1.56 bits per heavy atom. The largest absolute Gasteiger partial charge is 0.573 e. The summed E-state index contributed by atoms with van der Waals surface area (Å²) in [7, 11) is 0. The van der Waals surface area contributed by atoms with Crippen LogP contribution in [-0.2, 0) is 9.59 Å². The summed E-state index contributed by atoms with van der Waals surface area (Å²) in [5.41, 5.74) is 4.02. The summed E-state index contributed by atoms with van der Waals surface area (Å²) in [6.07, 6.45) is -4.86. The molecule has 0 unspecified atom stereocenters. The van der Waals surface area contributed by atoms with E-state index in [-0.39, 0.29) is 17.0 Å². The quantitative estimate of drug-likeness (QED) is 0.475. The molecule has 0 aliphatic carbocycles. The van der Waals surface area contributed by atoms with Gasteiger partial charge in [0.2, 0.25) is 0 Å². The molecule has 0 aromatic heterocycles. The molecule has 3 aromatic carbocycles. The third-order valence-electron chi connectivity index (χ3n) is 5.48. The number of ether oxygens (including phenoxy) is 1. The first kappa shape index (κ1) is 23.1. The molecule has 3 aromatic rings. The third kappa shape index (κ3) is 4.66. The Labute approximate surface area is 194 Å². The number of benzene rings is 3. The molecule has 174 valence electrons. The highest BCUT2D eigenvalue weighted by molar-refractivity contribution is 6.46. The number of carbonyl (C=O) groups excluding carboxylic acids is 2. The van der Waals surface area contributed by atoms with Crippen molar-refractivity contribution in [3.8, 4) is 5.75 Å². The summed E-state index contributed by atoms with van der Waals surface area (Å²) in [4.78, 5) is 28.0. The highest BCUT2D eigenvalue weighted by atomic mass is 19.4. The van der Waals surface area contributed by atoms with Crippen molar-refractivity contribution in [1.29, 1.82) is 0 Å². The molecule has 34 heavy (non-hydrogen) atoms. The van der Waals surface area contributed by atoms with Gasteiger partial charge in [-0.15, -0.1) is 13.2 Å². The predicted molar refractivity (Wildman–Crippen MR) is 123 cm³/mol. The van der Waals surface area contributed by atoms with Crippen LogP contribution < -0.4 is 15.0 Å². The first-order valence-corrected chi connectivity index (χ1v) is 10.4. The summed E-state index contributed by atoms with van der Waals surface area (Å²) in [5, 5.41) is 2.86. The number of hydrogen-bond donors (Lipinski definition) is 1. The van der Waals surface area contributed by atoms with E-state index in [9.17, 15) is 22.8 Å². The van der Waals surface area contributed by atoms with Gasteiger partial charge in [0.1, 0.15) is 11.4 Å². The van der Waals surface area contributed by atoms with Gasteiger partial charge in [-0.3, -0.25) is 9.59 Å². The van der Waals surface area contributed by atoms with Crippen LogP contribution in [0.2, 0.25) is 0 Å². The van der Waals surface area contributed by atoms with Crippen LogP contribution >= 0.6 is 0 Å². The van der Waals surface area contributed by atoms with Crippen LogP contribution in [0.3, 0.4) is 0 Å². The predicted octanol–water partition coefficient (Wildman–Crippen LogP) is 5.91. The molecule has 2 amide bonds. The number of hydrogen-bond acceptors (Lipinski definition) is 4. The summed E-state index contributed by atoms with van der Waals surface area (Å²) >= 11 is 0. The maximum absolute atomic E-state index is 13.5. The van der Waals surface area contributed by atoms with Gasteiger partial charge in [0, 0.05) is 11.8 Å². The van der Waals surface area contributed by atoms with E-state index in [1.807, 2.05) is 32.9 Å². The van der Waals surface area contributed by atoms with Crippen molar-refractivity contribution in [2.75, 3.05) is 10.2 Å². The van der Waals surface area contributed by atoms with E-state index in [0.29, 0.717) is 11.3 Å². The smallest absolute Gasteiger partial charge is 0.406 e. The lowest BCUT2D eigenvalue weighted by atomic mass is 9.99. The first-order chi connectivity index (χ1) is 16.0. The molecule has 0 bridgehead atoms. The molecule has 0 atom stereocenters. The Morgan fingerprint density at radius 1 is 0.824 bits per heavy atom. The van der Waals surface area contributed by atoms with Crippen LogP contribution in [0, 0.1) is 20.8 Å². The summed E-state index contributed by atoms with van der Waals surface area (Å²) in [6, 6.07) is 17.5. The number of alkyl halides is 3. The standard InChI is InChI=1S/C26H21F3N2O3/c1-15-6-4-8-20(12-15)31-24(32)22(18-11-10-16(2)17(3)13-18)23(25(31)33)30-19-7-5-9-21(14-19)34-26(27,28)29/h4-14,30H,1-3H3. The fourth-order valence-corrected chi connectivity index (χ4v) is 3.73. The second-order valence-electron chi connectivity index (χ2n) is 8.03. The van der Waals surface area contributed by atoms with Gasteiger partial charge in [-0.05, 0) is 67.3 Å². The number of anilines is 2. The second kappa shape index (κ2) is 8.70. The van der Waals surface area contributed by atoms with Gasteiger partial charge in [-0.2, -0.15) is 0 Å². The molecule has 0 saturated heterocycles. The zero-order valence-corrected chi connectivity index (χ0v) is 18.7. The monoisotopic (exact) mass is 466 g/mol. The molecule has 0 spiro atoms. The van der Waals surface area contributed by atoms with Crippen molar-refractivity contribution in [2.45, 2.75) is 27.1 Å². The molecule has 4 rings (SSSR count). The lowest BCUT2D eigenvalue weighted by Crippen LogP contribution is -2.32. The van der Waals surface area contributed by atoms with Gasteiger partial charge < -0.3 is 10.1 Å². The summed E-state index contributed by atoms with van der Waals surface area (Å²) in [5.74, 6) is -1.58. The fourth-order valence-electron chi connectivity index (χ4n) is 3.73. The summed E-state index contributed by atoms with van der Waals surface area (Å²) < 4.78 is 42.0. The Morgan fingerprint density at radius 3 is 2.24 bits per heavy atom. The number of aryl methyl sites for hydroxylation is 3. The molecule has 1 aliphatic rings. The molecule has 0 saturated carbocycles. The number of nitrogens with one attached hydrogen (secondary N) is 1. The minimum absolute atomic E-state index is 0.0288. The minimum Gasteiger partial charge on any atom is -0.406 e. The molecule has 1 aliphatic heterocycles. The third-order valence-corrected chi connectivity index (χ3v) is 5.48. The van der Waals surface area contributed by atoms with Gasteiger partial charge in [0.25, 0.3) is 11.8 Å². The van der Waals surface area contributed by atoms with Crippen molar-refractivity contribution in [2.24, 2.45) is 0 Å². The van der Waals surface area contributed by atoms with E-state index in [1.165, 1.54) is 12.1 Å². The van der Waals surface area contributed by atoms with Crippen LogP contribution in [0.1, 0.15) is 22.3 Å². The van der Waals surface area contributed by atoms with Crippen molar-refractivity contribution in [3.05, 3.63) is 94.7 Å². The first-order valence-electron chi connectivity index (χ1n) is 10.4. The normalized spacial score (nSPS) is 14.1. The molecule has 0 fully saturated rings. The molecule has 1 heterocycles. The van der Waals surface area contributed by atoms with Crippen LogP contribution in [0.4, 0.5) is 24.5 Å². The van der Waals surface area contributed by atoms with Crippen LogP contribution in [0.5, 0.6) is 5.75 Å². The average Bonchev–Trinajstić information content (AvgIpc) is 2.98. The SMILES string of the molecule is Cc1cccc(N2C(=O)C(Nc3cccc(OC(F)(F)F)c3)=C(c3ccc(C)c(C)c3)C2=O)c1. The Kier molecular flexibility index (Phi) is 5.91. The minimum atomic E-state index is -4.86. The number of amides is 2. The van der Waals surface area contributed by atoms with E-state index in [4.69, 9.17) is 0 Å². The van der Waals surface area contributed by atoms with E-state index in [0.717, 1.165) is 33.7 Å². The molecular weight excluding hydrogens is 445 g/mol. The van der Waals surface area contributed by atoms with Gasteiger partial charge >= 0.3 is 6.36 Å². The molecule has 8 heteroatoms. The second-order valence-corrected chi connectivity index (χ2v) is 8.03. The maximum atomic E-state index is 13.5. The highest BCUT2D eigenvalue weighted by Gasteiger charge is 2.40. The summed E-state index contributed by atoms with van der Waals surface area (Å²) in [6.45, 7) is 5.67. The molecule has 1 N–H and O–H groups in total. The Balaban J connectivity index is 1.80. The average molecular weight is 466 g/mol. The van der Waals surface area contributed by atoms with E-state index in [2.05, 4.69) is 10.1 Å². The molecule has 5 nitrogen and oxygen atoms in total. The number of halogens is 3. The molecular formula is C26H21F3N2O3. The Hall–Kier alpha value is -4.07. The zero-order chi connectivity index (χ0) is 24.6. The maximum Gasteiger partial charge on any atom is 0.573 e. The van der Waals surface area contributed by atoms with E-state index < -0.39 is 23.9 Å². The van der Waals surface area contributed by atoms with E-state index >= 15 is 0 Å². The highest BCUT2D eigenvalue weighted by Crippen LogP contribution is 2.35. The van der Waals surface area contributed by atoms with Crippen LogP contribution in [-0.4, -0.2) is 18.2 Å². The van der Waals surface area contributed by atoms with Crippen molar-refractivity contribution < 1.29 is 27.5 Å². The van der Waals surface area contributed by atoms with Gasteiger partial charge in [0.15, 0.2) is 0 Å². The van der Waals surface area contributed by atoms with E-state index in [1.54, 1.807) is 30.3 Å². The van der Waals surface area contributed by atoms with Gasteiger partial charge in [-0.25, -0.2) is 4.90 Å². The fraction of sp³-hybridized carbons (Fsp3) is 0.154. The zero-order valence-electron chi connectivity index (χ0n) is 18.7. The van der Waals surface area contributed by atoms with Crippen molar-refractivity contribution in [1.82, 2.24) is 0 Å². The molecule has 0 radical (unpaired) electrons. The number of imide groups is 1. The van der Waals surface area contributed by atoms with Gasteiger partial charge in [0.05, 0.1) is 11.3 Å². The van der Waals surface area contributed by atoms with Crippen LogP contribution in [0.25, 0.3) is 5.57 Å². The Bertz CT molecular complexity index is 1330. The van der Waals surface area contributed by atoms with Crippen molar-refractivity contribution >= 4 is 28.8 Å². The number of nitrogens with zero attached hydrogens (tertiary/aromatic N) is 1. The number of carbonyl (C=O) groups is 2. The lowest BCUT2D eigenvalue weighted by molar-refractivity contribution is -0.274. The van der Waals surface area contributed by atoms with Gasteiger partial charge in [-0.1, -0.05) is 36.4 Å². The topological polar surface area (TPSA) is 58.6 Å². The number of rotatable bonds is 5. The lowest BCUT2D eigenvalue weighted by Gasteiger charge is -2.16.